The molecule has 3 N–H and O–H groups in total. The number of rotatable bonds is 3. The van der Waals surface area contributed by atoms with Crippen LogP contribution in [-0.2, 0) is 6.54 Å². The number of benzene rings is 1. The van der Waals surface area contributed by atoms with Gasteiger partial charge in [-0.3, -0.25) is 10.3 Å². The van der Waals surface area contributed by atoms with E-state index >= 15 is 0 Å². The van der Waals surface area contributed by atoms with Crippen LogP contribution in [0.3, 0.4) is 0 Å². The molecule has 0 aromatic heterocycles. The van der Waals surface area contributed by atoms with Gasteiger partial charge in [0.2, 0.25) is 0 Å². The van der Waals surface area contributed by atoms with Crippen LogP contribution in [0.4, 0.5) is 4.39 Å². The Balaban J connectivity index is 2.15. The Morgan fingerprint density at radius 2 is 2.00 bits per heavy atom. The number of nitrogens with one attached hydrogen (secondary N) is 1. The first-order valence-electron chi connectivity index (χ1n) is 6.33. The van der Waals surface area contributed by atoms with Gasteiger partial charge in [0.05, 0.1) is 5.56 Å². The number of amidine groups is 1. The van der Waals surface area contributed by atoms with Gasteiger partial charge in [-0.05, 0) is 17.9 Å². The zero-order chi connectivity index (χ0) is 13.3. The molecule has 1 aromatic rings. The fraction of sp³-hybridized carbons (Fsp3) is 0.500. The highest BCUT2D eigenvalue weighted by Crippen LogP contribution is 2.24. The summed E-state index contributed by atoms with van der Waals surface area (Å²) in [6.45, 7) is 7.07. The van der Waals surface area contributed by atoms with E-state index in [9.17, 15) is 4.39 Å². The molecule has 98 valence electrons. The highest BCUT2D eigenvalue weighted by atomic mass is 19.1. The van der Waals surface area contributed by atoms with E-state index < -0.39 is 0 Å². The summed E-state index contributed by atoms with van der Waals surface area (Å²) in [5.74, 6) is 0.753. The molecule has 1 aliphatic heterocycles. The molecule has 4 heteroatoms. The van der Waals surface area contributed by atoms with Crippen LogP contribution in [-0.4, -0.2) is 23.8 Å². The van der Waals surface area contributed by atoms with E-state index in [1.807, 2.05) is 0 Å². The molecule has 2 rings (SSSR count). The highest BCUT2D eigenvalue weighted by molar-refractivity contribution is 5.95. The quantitative estimate of drug-likeness (QED) is 0.637. The zero-order valence-corrected chi connectivity index (χ0v) is 10.9. The second-order valence-corrected chi connectivity index (χ2v) is 5.34. The smallest absolute Gasteiger partial charge is 0.138 e. The minimum atomic E-state index is -0.350. The first kappa shape index (κ1) is 13.0. The second-order valence-electron chi connectivity index (χ2n) is 5.34. The maximum Gasteiger partial charge on any atom is 0.138 e. The van der Waals surface area contributed by atoms with Crippen LogP contribution in [0.15, 0.2) is 18.2 Å². The van der Waals surface area contributed by atoms with Crippen LogP contribution >= 0.6 is 0 Å². The van der Waals surface area contributed by atoms with Gasteiger partial charge in [-0.2, -0.15) is 0 Å². The first-order valence-corrected chi connectivity index (χ1v) is 6.33. The highest BCUT2D eigenvalue weighted by Gasteiger charge is 2.26. The largest absolute Gasteiger partial charge is 0.384 e. The van der Waals surface area contributed by atoms with Crippen molar-refractivity contribution in [2.75, 3.05) is 13.1 Å². The number of nitrogens with two attached hydrogens (primary N) is 1. The molecule has 3 nitrogen and oxygen atoms in total. The molecule has 18 heavy (non-hydrogen) atoms. The first-order chi connectivity index (χ1) is 8.49. The number of hydrogen-bond donors (Lipinski definition) is 2. The van der Waals surface area contributed by atoms with Gasteiger partial charge >= 0.3 is 0 Å². The van der Waals surface area contributed by atoms with Gasteiger partial charge in [0.25, 0.3) is 0 Å². The number of nitrogen functional groups attached to an aromatic ring is 1. The minimum absolute atomic E-state index is 0.202. The number of likely N-dealkylation sites (tertiary alicyclic amines) is 1. The van der Waals surface area contributed by atoms with Gasteiger partial charge in [-0.1, -0.05) is 26.0 Å². The molecule has 1 heterocycles. The van der Waals surface area contributed by atoms with E-state index in [2.05, 4.69) is 18.7 Å². The van der Waals surface area contributed by atoms with Crippen LogP contribution < -0.4 is 5.73 Å². The summed E-state index contributed by atoms with van der Waals surface area (Å²) < 4.78 is 14.1. The fourth-order valence-corrected chi connectivity index (χ4v) is 2.53. The molecule has 0 saturated carbocycles. The van der Waals surface area contributed by atoms with Crippen LogP contribution in [0, 0.1) is 23.1 Å². The van der Waals surface area contributed by atoms with E-state index in [0.717, 1.165) is 13.1 Å². The number of nitrogens with zero attached hydrogens (tertiary/aromatic N) is 1. The standard InChI is InChI=1S/C14H20FN3/c1-9-6-18(7-10(9)2)8-11-4-3-5-12(13(11)15)14(16)17/h3-5,9-10H,6-8H2,1-2H3,(H3,16,17). The third-order valence-electron chi connectivity index (χ3n) is 3.83. The lowest BCUT2D eigenvalue weighted by molar-refractivity contribution is 0.311. The van der Waals surface area contributed by atoms with Gasteiger partial charge in [0.1, 0.15) is 11.7 Å². The van der Waals surface area contributed by atoms with E-state index in [0.29, 0.717) is 23.9 Å². The molecule has 0 amide bonds. The van der Waals surface area contributed by atoms with Crippen molar-refractivity contribution in [3.8, 4) is 0 Å². The maximum absolute atomic E-state index is 14.1. The third kappa shape index (κ3) is 2.53. The normalized spacial score (nSPS) is 24.4. The van der Waals surface area contributed by atoms with Crippen LogP contribution in [0.1, 0.15) is 25.0 Å². The lowest BCUT2D eigenvalue weighted by atomic mass is 10.0. The molecule has 0 aliphatic carbocycles. The van der Waals surface area contributed by atoms with Gasteiger partial charge in [0, 0.05) is 25.2 Å². The molecule has 1 fully saturated rings. The second kappa shape index (κ2) is 5.06. The average Bonchev–Trinajstić information content (AvgIpc) is 2.60. The SMILES string of the molecule is CC1CN(Cc2cccc(C(=N)N)c2F)CC1C. The molecule has 1 aromatic carbocycles. The number of hydrogen-bond acceptors (Lipinski definition) is 2. The summed E-state index contributed by atoms with van der Waals surface area (Å²) in [6.07, 6.45) is 0. The molecule has 0 spiro atoms. The molecule has 1 aliphatic rings. The van der Waals surface area contributed by atoms with Gasteiger partial charge in [-0.15, -0.1) is 0 Å². The summed E-state index contributed by atoms with van der Waals surface area (Å²) in [5, 5.41) is 7.35. The van der Waals surface area contributed by atoms with E-state index in [1.54, 1.807) is 18.2 Å². The molecule has 2 atom stereocenters. The van der Waals surface area contributed by atoms with E-state index in [4.69, 9.17) is 11.1 Å². The molecule has 0 radical (unpaired) electrons. The van der Waals surface area contributed by atoms with Crippen molar-refractivity contribution in [2.24, 2.45) is 17.6 Å². The Labute approximate surface area is 107 Å². The molecule has 2 unspecified atom stereocenters. The van der Waals surface area contributed by atoms with Crippen molar-refractivity contribution in [1.29, 1.82) is 5.41 Å². The van der Waals surface area contributed by atoms with Crippen LogP contribution in [0.25, 0.3) is 0 Å². The molecule has 0 bridgehead atoms. The average molecular weight is 249 g/mol. The predicted octanol–water partition coefficient (Wildman–Crippen LogP) is 2.20. The van der Waals surface area contributed by atoms with Gasteiger partial charge in [-0.25, -0.2) is 4.39 Å². The maximum atomic E-state index is 14.1. The zero-order valence-electron chi connectivity index (χ0n) is 10.9. The van der Waals surface area contributed by atoms with Crippen molar-refractivity contribution in [1.82, 2.24) is 4.90 Å². The molecular formula is C14H20FN3. The summed E-state index contributed by atoms with van der Waals surface area (Å²) in [4.78, 5) is 2.26. The van der Waals surface area contributed by atoms with Crippen molar-refractivity contribution in [2.45, 2.75) is 20.4 Å². The van der Waals surface area contributed by atoms with Gasteiger partial charge < -0.3 is 5.73 Å². The third-order valence-corrected chi connectivity index (χ3v) is 3.83. The van der Waals surface area contributed by atoms with Crippen LogP contribution in [0.5, 0.6) is 0 Å². The van der Waals surface area contributed by atoms with Crippen molar-refractivity contribution < 1.29 is 4.39 Å². The van der Waals surface area contributed by atoms with Gasteiger partial charge in [0.15, 0.2) is 0 Å². The lowest BCUT2D eigenvalue weighted by Crippen LogP contribution is -2.22. The Bertz CT molecular complexity index is 448. The Kier molecular flexibility index (Phi) is 3.66. The Morgan fingerprint density at radius 3 is 2.56 bits per heavy atom. The minimum Gasteiger partial charge on any atom is -0.384 e. The summed E-state index contributed by atoms with van der Waals surface area (Å²) >= 11 is 0. The van der Waals surface area contributed by atoms with E-state index in [1.165, 1.54) is 0 Å². The molecular weight excluding hydrogens is 229 g/mol. The van der Waals surface area contributed by atoms with Crippen LogP contribution in [0.2, 0.25) is 0 Å². The topological polar surface area (TPSA) is 53.1 Å². The fourth-order valence-electron chi connectivity index (χ4n) is 2.53. The van der Waals surface area contributed by atoms with Crippen molar-refractivity contribution >= 4 is 5.84 Å². The summed E-state index contributed by atoms with van der Waals surface area (Å²) in [5.41, 5.74) is 6.20. The Hall–Kier alpha value is -1.42. The monoisotopic (exact) mass is 249 g/mol. The molecule has 1 saturated heterocycles. The van der Waals surface area contributed by atoms with Crippen molar-refractivity contribution in [3.63, 3.8) is 0 Å². The van der Waals surface area contributed by atoms with E-state index in [-0.39, 0.29) is 17.2 Å². The summed E-state index contributed by atoms with van der Waals surface area (Å²) in [7, 11) is 0. The Morgan fingerprint density at radius 1 is 1.39 bits per heavy atom. The lowest BCUT2D eigenvalue weighted by Gasteiger charge is -2.16. The number of halogens is 1. The summed E-state index contributed by atoms with van der Waals surface area (Å²) in [6, 6.07) is 5.09. The predicted molar refractivity (Wildman–Crippen MR) is 71.0 cm³/mol. The van der Waals surface area contributed by atoms with Crippen molar-refractivity contribution in [3.05, 3.63) is 35.1 Å².